The molecule has 0 aromatic heterocycles. The molecule has 1 saturated carbocycles. The molecule has 2 heterocycles. The van der Waals surface area contributed by atoms with E-state index >= 15 is 0 Å². The minimum atomic E-state index is -0.531. The van der Waals surface area contributed by atoms with Gasteiger partial charge in [-0.1, -0.05) is 31.7 Å². The molecule has 2 unspecified atom stereocenters. The Labute approximate surface area is 164 Å². The highest BCUT2D eigenvalue weighted by Gasteiger charge is 2.41. The maximum Gasteiger partial charge on any atom is 0.119 e. The molecule has 2 N–H and O–H groups in total. The first-order valence-electron chi connectivity index (χ1n) is 11.0. The molecule has 27 heavy (non-hydrogen) atoms. The van der Waals surface area contributed by atoms with Crippen LogP contribution in [0.5, 0.6) is 5.75 Å². The van der Waals surface area contributed by atoms with Crippen LogP contribution in [0.25, 0.3) is 0 Å². The number of rotatable bonds is 5. The molecule has 2 fully saturated rings. The number of hydrogen-bond acceptors (Lipinski definition) is 4. The molecule has 150 valence electrons. The lowest BCUT2D eigenvalue weighted by Crippen LogP contribution is -2.46. The van der Waals surface area contributed by atoms with E-state index in [1.165, 1.54) is 36.8 Å². The molecule has 0 spiro atoms. The maximum absolute atomic E-state index is 11.4. The summed E-state index contributed by atoms with van der Waals surface area (Å²) in [6.07, 6.45) is 10.5. The number of aliphatic hydroxyl groups is 1. The predicted molar refractivity (Wildman–Crippen MR) is 109 cm³/mol. The van der Waals surface area contributed by atoms with E-state index in [1.807, 2.05) is 0 Å². The average molecular weight is 373 g/mol. The van der Waals surface area contributed by atoms with Crippen LogP contribution in [0.3, 0.4) is 0 Å². The van der Waals surface area contributed by atoms with Crippen molar-refractivity contribution in [3.05, 3.63) is 29.3 Å². The van der Waals surface area contributed by atoms with Crippen LogP contribution in [-0.4, -0.2) is 48.4 Å². The van der Waals surface area contributed by atoms with Crippen LogP contribution in [-0.2, 0) is 6.54 Å². The van der Waals surface area contributed by atoms with Crippen molar-refractivity contribution in [2.45, 2.75) is 81.9 Å². The van der Waals surface area contributed by atoms with Gasteiger partial charge in [0.1, 0.15) is 5.75 Å². The molecule has 1 aliphatic carbocycles. The van der Waals surface area contributed by atoms with Gasteiger partial charge < -0.3 is 20.1 Å². The predicted octanol–water partition coefficient (Wildman–Crippen LogP) is 3.82. The smallest absolute Gasteiger partial charge is 0.119 e. The third-order valence-electron chi connectivity index (χ3n) is 6.94. The maximum atomic E-state index is 11.4. The van der Waals surface area contributed by atoms with Crippen molar-refractivity contribution < 1.29 is 9.84 Å². The first-order chi connectivity index (χ1) is 13.1. The van der Waals surface area contributed by atoms with Crippen molar-refractivity contribution in [3.63, 3.8) is 0 Å². The van der Waals surface area contributed by atoms with E-state index in [-0.39, 0.29) is 5.92 Å². The Bertz CT molecular complexity index is 621. The number of piperidine rings is 1. The van der Waals surface area contributed by atoms with Gasteiger partial charge in [0.25, 0.3) is 0 Å². The van der Waals surface area contributed by atoms with Gasteiger partial charge in [-0.05, 0) is 69.0 Å². The van der Waals surface area contributed by atoms with Gasteiger partial charge in [-0.3, -0.25) is 0 Å². The Hall–Kier alpha value is -1.10. The monoisotopic (exact) mass is 372 g/mol. The zero-order chi connectivity index (χ0) is 18.7. The first-order valence-corrected chi connectivity index (χ1v) is 11.0. The number of nitrogens with zero attached hydrogens (tertiary/aromatic N) is 1. The van der Waals surface area contributed by atoms with E-state index in [9.17, 15) is 5.11 Å². The summed E-state index contributed by atoms with van der Waals surface area (Å²) in [5.74, 6) is 1.21. The number of fused-ring (bicyclic) bond motifs is 1. The lowest BCUT2D eigenvalue weighted by molar-refractivity contribution is -0.0333. The number of nitrogens with one attached hydrogen (secondary N) is 1. The van der Waals surface area contributed by atoms with Gasteiger partial charge in [-0.2, -0.15) is 0 Å². The van der Waals surface area contributed by atoms with Crippen LogP contribution in [0.1, 0.15) is 74.8 Å². The van der Waals surface area contributed by atoms with Crippen LogP contribution in [0.2, 0.25) is 0 Å². The molecule has 1 aromatic carbocycles. The second kappa shape index (κ2) is 8.50. The summed E-state index contributed by atoms with van der Waals surface area (Å²) in [5, 5.41) is 14.9. The zero-order valence-electron chi connectivity index (χ0n) is 16.9. The number of benzene rings is 1. The molecule has 2 aliphatic heterocycles. The van der Waals surface area contributed by atoms with Crippen LogP contribution in [0.4, 0.5) is 0 Å². The molecule has 0 bridgehead atoms. The van der Waals surface area contributed by atoms with Gasteiger partial charge in [0, 0.05) is 25.0 Å². The van der Waals surface area contributed by atoms with Gasteiger partial charge in [0.05, 0.1) is 12.2 Å². The van der Waals surface area contributed by atoms with Gasteiger partial charge in [-0.15, -0.1) is 0 Å². The van der Waals surface area contributed by atoms with Crippen molar-refractivity contribution >= 4 is 0 Å². The van der Waals surface area contributed by atoms with E-state index in [4.69, 9.17) is 4.74 Å². The van der Waals surface area contributed by atoms with E-state index in [1.54, 1.807) is 0 Å². The highest BCUT2D eigenvalue weighted by Crippen LogP contribution is 2.44. The molecule has 4 rings (SSSR count). The lowest BCUT2D eigenvalue weighted by Gasteiger charge is -2.44. The summed E-state index contributed by atoms with van der Waals surface area (Å²) in [5.41, 5.74) is 2.15. The molecule has 1 saturated heterocycles. The summed E-state index contributed by atoms with van der Waals surface area (Å²) in [6, 6.07) is 7.19. The zero-order valence-corrected chi connectivity index (χ0v) is 16.9. The molecular formula is C23H36N2O2. The fourth-order valence-corrected chi connectivity index (χ4v) is 5.38. The summed E-state index contributed by atoms with van der Waals surface area (Å²) < 4.78 is 6.09. The molecule has 3 aliphatic rings. The second-order valence-corrected chi connectivity index (χ2v) is 9.06. The van der Waals surface area contributed by atoms with E-state index in [0.717, 1.165) is 64.1 Å². The third kappa shape index (κ3) is 4.49. The largest absolute Gasteiger partial charge is 0.494 e. The van der Waals surface area contributed by atoms with Crippen LogP contribution >= 0.6 is 0 Å². The van der Waals surface area contributed by atoms with Crippen LogP contribution in [0, 0.1) is 0 Å². The Morgan fingerprint density at radius 2 is 2.04 bits per heavy atom. The fraction of sp³-hybridized carbons (Fsp3) is 0.739. The molecule has 0 radical (unpaired) electrons. The number of likely N-dealkylation sites (N-methyl/N-ethyl adjacent to an activating group) is 1. The van der Waals surface area contributed by atoms with E-state index in [2.05, 4.69) is 35.5 Å². The molecular weight excluding hydrogens is 336 g/mol. The van der Waals surface area contributed by atoms with E-state index < -0.39 is 5.60 Å². The van der Waals surface area contributed by atoms with E-state index in [0.29, 0.717) is 6.04 Å². The van der Waals surface area contributed by atoms with Crippen molar-refractivity contribution in [1.29, 1.82) is 0 Å². The molecule has 0 amide bonds. The summed E-state index contributed by atoms with van der Waals surface area (Å²) in [4.78, 5) is 2.36. The number of hydrogen-bond donors (Lipinski definition) is 2. The van der Waals surface area contributed by atoms with Crippen LogP contribution < -0.4 is 10.1 Å². The number of ether oxygens (including phenoxy) is 1. The highest BCUT2D eigenvalue weighted by molar-refractivity contribution is 5.41. The Morgan fingerprint density at radius 1 is 1.19 bits per heavy atom. The minimum absolute atomic E-state index is 0.229. The third-order valence-corrected chi connectivity index (χ3v) is 6.94. The van der Waals surface area contributed by atoms with Crippen molar-refractivity contribution in [2.75, 3.05) is 26.7 Å². The minimum Gasteiger partial charge on any atom is -0.494 e. The van der Waals surface area contributed by atoms with Crippen molar-refractivity contribution in [3.8, 4) is 5.75 Å². The van der Waals surface area contributed by atoms with Crippen molar-refractivity contribution in [2.24, 2.45) is 0 Å². The average Bonchev–Trinajstić information content (AvgIpc) is 2.68. The molecule has 1 aromatic rings. The fourth-order valence-electron chi connectivity index (χ4n) is 5.38. The Balaban J connectivity index is 1.43. The first kappa shape index (κ1) is 19.2. The van der Waals surface area contributed by atoms with Gasteiger partial charge in [0.2, 0.25) is 0 Å². The van der Waals surface area contributed by atoms with Gasteiger partial charge in [-0.25, -0.2) is 0 Å². The van der Waals surface area contributed by atoms with Crippen LogP contribution in [0.15, 0.2) is 18.2 Å². The molecule has 4 heteroatoms. The van der Waals surface area contributed by atoms with Gasteiger partial charge >= 0.3 is 0 Å². The Kier molecular flexibility index (Phi) is 6.05. The second-order valence-electron chi connectivity index (χ2n) is 9.06. The topological polar surface area (TPSA) is 44.7 Å². The summed E-state index contributed by atoms with van der Waals surface area (Å²) in [6.45, 7) is 3.83. The molecule has 2 atom stereocenters. The summed E-state index contributed by atoms with van der Waals surface area (Å²) in [7, 11) is 2.17. The van der Waals surface area contributed by atoms with Crippen molar-refractivity contribution in [1.82, 2.24) is 10.2 Å². The quantitative estimate of drug-likeness (QED) is 0.825. The summed E-state index contributed by atoms with van der Waals surface area (Å²) >= 11 is 0. The standard InChI is InChI=1S/C23H36N2O2/c1-25-16-18-15-20(27-14-10-19-7-3-6-13-24-19)8-9-21(18)22(17-25)23(26)11-4-2-5-12-23/h8-9,15,19,22,24,26H,2-7,10-14,16-17H2,1H3. The lowest BCUT2D eigenvalue weighted by atomic mass is 9.70. The molecule has 4 nitrogen and oxygen atoms in total. The normalized spacial score (nSPS) is 28.5. The highest BCUT2D eigenvalue weighted by atomic mass is 16.5. The van der Waals surface area contributed by atoms with Gasteiger partial charge in [0.15, 0.2) is 0 Å². The Morgan fingerprint density at radius 3 is 2.81 bits per heavy atom. The SMILES string of the molecule is CN1Cc2cc(OCCC3CCCCN3)ccc2C(C2(O)CCCCC2)C1.